The number of hydrogen-bond acceptors (Lipinski definition) is 5. The monoisotopic (exact) mass is 286 g/mol. The highest BCUT2D eigenvalue weighted by molar-refractivity contribution is 7.99. The van der Waals surface area contributed by atoms with Crippen molar-refractivity contribution in [1.29, 1.82) is 0 Å². The van der Waals surface area contributed by atoms with Crippen LogP contribution in [0.3, 0.4) is 0 Å². The minimum atomic E-state index is -1.14. The molecule has 0 amide bonds. The predicted octanol–water partition coefficient (Wildman–Crippen LogP) is 0.408. The summed E-state index contributed by atoms with van der Waals surface area (Å²) < 4.78 is 1.59. The maximum absolute atomic E-state index is 11.6. The van der Waals surface area contributed by atoms with Crippen LogP contribution in [0.15, 0.2) is 9.95 Å². The quantitative estimate of drug-likeness (QED) is 0.722. The molecule has 0 radical (unpaired) electrons. The summed E-state index contributed by atoms with van der Waals surface area (Å²) in [7, 11) is 0. The Hall–Kier alpha value is -1.28. The van der Waals surface area contributed by atoms with Crippen LogP contribution in [0.1, 0.15) is 32.6 Å². The van der Waals surface area contributed by atoms with Crippen molar-refractivity contribution in [3.05, 3.63) is 10.5 Å². The molecule has 0 aromatic carbocycles. The normalized spacial score (nSPS) is 26.7. The highest BCUT2D eigenvalue weighted by Gasteiger charge is 2.42. The van der Waals surface area contributed by atoms with Crippen LogP contribution in [-0.2, 0) is 11.3 Å². The molecule has 2 unspecified atom stereocenters. The lowest BCUT2D eigenvalue weighted by molar-refractivity contribution is -0.143. The summed E-state index contributed by atoms with van der Waals surface area (Å²) in [6.07, 6.45) is 2.43. The largest absolute Gasteiger partial charge is 0.480 e. The number of thioether (sulfide) groups is 1. The molecule has 19 heavy (non-hydrogen) atoms. The van der Waals surface area contributed by atoms with Crippen molar-refractivity contribution in [1.82, 2.24) is 14.8 Å². The lowest BCUT2D eigenvalue weighted by Crippen LogP contribution is -2.45. The fourth-order valence-electron chi connectivity index (χ4n) is 2.29. The minimum absolute atomic E-state index is 0.0897. The number of aromatic nitrogens is 3. The third-order valence-electron chi connectivity index (χ3n) is 3.37. The summed E-state index contributed by atoms with van der Waals surface area (Å²) in [4.78, 5) is 22.6. The SMILES string of the molecule is CCCn1c(SC2CCC(N)(C(=O)O)C2)n[nH]c1=O. The Bertz CT molecular complexity index is 526. The predicted molar refractivity (Wildman–Crippen MR) is 71.2 cm³/mol. The fourth-order valence-corrected chi connectivity index (χ4v) is 3.60. The molecule has 1 aliphatic carbocycles. The zero-order valence-electron chi connectivity index (χ0n) is 10.8. The van der Waals surface area contributed by atoms with Gasteiger partial charge in [0, 0.05) is 11.8 Å². The first-order valence-corrected chi connectivity index (χ1v) is 7.18. The van der Waals surface area contributed by atoms with Crippen LogP contribution in [0, 0.1) is 0 Å². The van der Waals surface area contributed by atoms with Crippen LogP contribution in [-0.4, -0.2) is 36.6 Å². The number of carboxylic acid groups (broad SMARTS) is 1. The van der Waals surface area contributed by atoms with Gasteiger partial charge in [-0.25, -0.2) is 9.89 Å². The van der Waals surface area contributed by atoms with Gasteiger partial charge in [-0.15, -0.1) is 5.10 Å². The Morgan fingerprint density at radius 1 is 1.74 bits per heavy atom. The third kappa shape index (κ3) is 2.84. The van der Waals surface area contributed by atoms with Gasteiger partial charge in [-0.2, -0.15) is 0 Å². The van der Waals surface area contributed by atoms with Gasteiger partial charge in [0.2, 0.25) is 0 Å². The van der Waals surface area contributed by atoms with E-state index in [1.807, 2.05) is 6.92 Å². The van der Waals surface area contributed by atoms with E-state index in [-0.39, 0.29) is 10.9 Å². The van der Waals surface area contributed by atoms with E-state index in [0.29, 0.717) is 24.5 Å². The molecule has 1 heterocycles. The number of aromatic amines is 1. The van der Waals surface area contributed by atoms with Gasteiger partial charge in [0.25, 0.3) is 0 Å². The molecule has 0 saturated heterocycles. The number of carboxylic acids is 1. The van der Waals surface area contributed by atoms with Crippen molar-refractivity contribution in [2.45, 2.75) is 55.1 Å². The topological polar surface area (TPSA) is 114 Å². The Balaban J connectivity index is 2.07. The first kappa shape index (κ1) is 14.1. The van der Waals surface area contributed by atoms with Crippen molar-refractivity contribution in [2.75, 3.05) is 0 Å². The maximum Gasteiger partial charge on any atom is 0.343 e. The van der Waals surface area contributed by atoms with Gasteiger partial charge >= 0.3 is 11.7 Å². The molecule has 8 heteroatoms. The van der Waals surface area contributed by atoms with Crippen LogP contribution in [0.25, 0.3) is 0 Å². The van der Waals surface area contributed by atoms with Crippen LogP contribution in [0.5, 0.6) is 0 Å². The maximum atomic E-state index is 11.6. The van der Waals surface area contributed by atoms with Crippen molar-refractivity contribution in [3.8, 4) is 0 Å². The molecule has 4 N–H and O–H groups in total. The Morgan fingerprint density at radius 2 is 2.47 bits per heavy atom. The van der Waals surface area contributed by atoms with E-state index in [4.69, 9.17) is 10.8 Å². The van der Waals surface area contributed by atoms with Gasteiger partial charge in [0.05, 0.1) is 0 Å². The molecular formula is C11H18N4O3S. The Morgan fingerprint density at radius 3 is 3.05 bits per heavy atom. The molecule has 1 fully saturated rings. The van der Waals surface area contributed by atoms with Crippen molar-refractivity contribution < 1.29 is 9.90 Å². The van der Waals surface area contributed by atoms with Crippen molar-refractivity contribution in [2.24, 2.45) is 5.73 Å². The van der Waals surface area contributed by atoms with Crippen molar-refractivity contribution in [3.63, 3.8) is 0 Å². The summed E-state index contributed by atoms with van der Waals surface area (Å²) in [5.41, 5.74) is 4.48. The fraction of sp³-hybridized carbons (Fsp3) is 0.727. The molecule has 7 nitrogen and oxygen atoms in total. The van der Waals surface area contributed by atoms with Crippen LogP contribution < -0.4 is 11.4 Å². The molecule has 2 atom stereocenters. The van der Waals surface area contributed by atoms with Crippen LogP contribution >= 0.6 is 11.8 Å². The molecular weight excluding hydrogens is 268 g/mol. The van der Waals surface area contributed by atoms with Gasteiger partial charge in [0.1, 0.15) is 5.54 Å². The van der Waals surface area contributed by atoms with E-state index in [1.165, 1.54) is 11.8 Å². The second-order valence-electron chi connectivity index (χ2n) is 4.91. The highest BCUT2D eigenvalue weighted by Crippen LogP contribution is 2.38. The number of rotatable bonds is 5. The number of nitrogens with zero attached hydrogens (tertiary/aromatic N) is 2. The zero-order valence-corrected chi connectivity index (χ0v) is 11.6. The van der Waals surface area contributed by atoms with E-state index in [1.54, 1.807) is 4.57 Å². The summed E-state index contributed by atoms with van der Waals surface area (Å²) in [6, 6.07) is 0. The first-order chi connectivity index (χ1) is 8.96. The summed E-state index contributed by atoms with van der Waals surface area (Å²) >= 11 is 1.44. The van der Waals surface area contributed by atoms with E-state index < -0.39 is 11.5 Å². The summed E-state index contributed by atoms with van der Waals surface area (Å²) in [6.45, 7) is 2.59. The van der Waals surface area contributed by atoms with E-state index in [9.17, 15) is 9.59 Å². The van der Waals surface area contributed by atoms with E-state index in [0.717, 1.165) is 12.8 Å². The molecule has 1 aromatic heterocycles. The first-order valence-electron chi connectivity index (χ1n) is 6.30. The number of nitrogens with two attached hydrogens (primary N) is 1. The lowest BCUT2D eigenvalue weighted by atomic mass is 10.0. The van der Waals surface area contributed by atoms with Crippen LogP contribution in [0.2, 0.25) is 0 Å². The summed E-state index contributed by atoms with van der Waals surface area (Å²) in [5.74, 6) is -0.955. The van der Waals surface area contributed by atoms with Gasteiger partial charge in [-0.05, 0) is 25.7 Å². The Labute approximate surface area is 114 Å². The van der Waals surface area contributed by atoms with Crippen LogP contribution in [0.4, 0.5) is 0 Å². The van der Waals surface area contributed by atoms with Crippen molar-refractivity contribution >= 4 is 17.7 Å². The highest BCUT2D eigenvalue weighted by atomic mass is 32.2. The number of H-pyrrole nitrogens is 1. The standard InChI is InChI=1S/C11H18N4O3S/c1-2-5-15-9(18)13-14-10(15)19-7-3-4-11(12,6-7)8(16)17/h7H,2-6,12H2,1H3,(H,13,18)(H,16,17). The molecule has 1 saturated carbocycles. The van der Waals surface area contributed by atoms with Gasteiger partial charge in [0.15, 0.2) is 5.16 Å². The number of hydrogen-bond donors (Lipinski definition) is 3. The second-order valence-corrected chi connectivity index (χ2v) is 6.17. The van der Waals surface area contributed by atoms with Gasteiger partial charge < -0.3 is 10.8 Å². The van der Waals surface area contributed by atoms with E-state index in [2.05, 4.69) is 10.2 Å². The second kappa shape index (κ2) is 5.38. The number of carbonyl (C=O) groups is 1. The average Bonchev–Trinajstić information content (AvgIpc) is 2.89. The van der Waals surface area contributed by atoms with Gasteiger partial charge in [-0.1, -0.05) is 18.7 Å². The van der Waals surface area contributed by atoms with Gasteiger partial charge in [-0.3, -0.25) is 9.36 Å². The minimum Gasteiger partial charge on any atom is -0.480 e. The zero-order chi connectivity index (χ0) is 14.0. The third-order valence-corrected chi connectivity index (χ3v) is 4.63. The molecule has 1 aromatic rings. The average molecular weight is 286 g/mol. The number of aliphatic carboxylic acids is 1. The lowest BCUT2D eigenvalue weighted by Gasteiger charge is -2.17. The molecule has 1 aliphatic rings. The molecule has 106 valence electrons. The molecule has 2 rings (SSSR count). The smallest absolute Gasteiger partial charge is 0.343 e. The Kier molecular flexibility index (Phi) is 4.00. The molecule has 0 bridgehead atoms. The number of nitrogens with one attached hydrogen (secondary N) is 1. The molecule has 0 spiro atoms. The van der Waals surface area contributed by atoms with E-state index >= 15 is 0 Å². The summed E-state index contributed by atoms with van der Waals surface area (Å²) in [5, 5.41) is 16.2. The molecule has 0 aliphatic heterocycles.